The Labute approximate surface area is 121 Å². The van der Waals surface area contributed by atoms with Crippen LogP contribution in [-0.2, 0) is 6.54 Å². The summed E-state index contributed by atoms with van der Waals surface area (Å²) in [6.07, 6.45) is 0.410. The van der Waals surface area contributed by atoms with Crippen LogP contribution in [-0.4, -0.2) is 30.2 Å². The van der Waals surface area contributed by atoms with Gasteiger partial charge < -0.3 is 10.0 Å². The van der Waals surface area contributed by atoms with E-state index in [1.807, 2.05) is 0 Å². The molecule has 0 aliphatic rings. The molecule has 0 heterocycles. The monoisotopic (exact) mass is 277 g/mol. The average molecular weight is 277 g/mol. The third-order valence-corrected chi connectivity index (χ3v) is 2.72. The second-order valence-electron chi connectivity index (χ2n) is 6.31. The van der Waals surface area contributed by atoms with Gasteiger partial charge in [0.2, 0.25) is 0 Å². The van der Waals surface area contributed by atoms with Gasteiger partial charge in [-0.25, -0.2) is 4.39 Å². The van der Waals surface area contributed by atoms with Crippen LogP contribution in [0.2, 0.25) is 0 Å². The van der Waals surface area contributed by atoms with Gasteiger partial charge in [-0.15, -0.1) is 0 Å². The van der Waals surface area contributed by atoms with Crippen molar-refractivity contribution in [1.82, 2.24) is 4.90 Å². The first-order valence-corrected chi connectivity index (χ1v) is 6.88. The minimum Gasteiger partial charge on any atom is -0.395 e. The molecule has 0 aromatic heterocycles. The van der Waals surface area contributed by atoms with E-state index in [1.165, 1.54) is 12.1 Å². The molecule has 1 aromatic rings. The molecule has 0 spiro atoms. The van der Waals surface area contributed by atoms with Crippen molar-refractivity contribution in [1.29, 1.82) is 0 Å². The van der Waals surface area contributed by atoms with E-state index in [-0.39, 0.29) is 17.8 Å². The zero-order chi connectivity index (χ0) is 15.2. The number of aliphatic hydroxyl groups excluding tert-OH is 1. The maximum Gasteiger partial charge on any atom is 0.124 e. The van der Waals surface area contributed by atoms with Crippen LogP contribution in [0.3, 0.4) is 0 Å². The molecule has 0 saturated heterocycles. The molecule has 0 amide bonds. The smallest absolute Gasteiger partial charge is 0.124 e. The number of benzene rings is 1. The summed E-state index contributed by atoms with van der Waals surface area (Å²) in [6.45, 7) is 8.29. The third kappa shape index (κ3) is 6.18. The number of aliphatic hydroxyl groups is 1. The molecule has 0 bridgehead atoms. The zero-order valence-electron chi connectivity index (χ0n) is 12.8. The number of nitrogens with zero attached hydrogens (tertiary/aromatic N) is 1. The van der Waals surface area contributed by atoms with Gasteiger partial charge in [-0.05, 0) is 30.2 Å². The van der Waals surface area contributed by atoms with Crippen molar-refractivity contribution >= 4 is 0 Å². The minimum atomic E-state index is -0.277. The van der Waals surface area contributed by atoms with Crippen molar-refractivity contribution in [2.24, 2.45) is 5.41 Å². The van der Waals surface area contributed by atoms with Crippen molar-refractivity contribution < 1.29 is 9.50 Å². The molecule has 20 heavy (non-hydrogen) atoms. The Kier molecular flexibility index (Phi) is 6.19. The predicted molar refractivity (Wildman–Crippen MR) is 80.8 cm³/mol. The fraction of sp³-hybridized carbons (Fsp3) is 0.529. The lowest BCUT2D eigenvalue weighted by Gasteiger charge is -2.26. The molecule has 3 heteroatoms. The van der Waals surface area contributed by atoms with Crippen LogP contribution in [0.5, 0.6) is 0 Å². The molecule has 2 nitrogen and oxygen atoms in total. The molecule has 110 valence electrons. The van der Waals surface area contributed by atoms with Gasteiger partial charge in [-0.2, -0.15) is 0 Å². The standard InChI is InChI=1S/C17H24FNO/c1-17(2,3)13-19(4)12-15-8-9-16(18)11-14(15)7-5-6-10-20/h8-9,11,20H,6,10,12-13H2,1-4H3. The van der Waals surface area contributed by atoms with Crippen molar-refractivity contribution in [2.75, 3.05) is 20.2 Å². The summed E-state index contributed by atoms with van der Waals surface area (Å²) in [5.41, 5.74) is 1.94. The van der Waals surface area contributed by atoms with Crippen LogP contribution in [0.4, 0.5) is 4.39 Å². The highest BCUT2D eigenvalue weighted by Crippen LogP contribution is 2.18. The van der Waals surface area contributed by atoms with Gasteiger partial charge in [0.05, 0.1) is 6.61 Å². The molecule has 1 aromatic carbocycles. The number of halogens is 1. The Hall–Kier alpha value is -1.37. The van der Waals surface area contributed by atoms with Crippen LogP contribution in [0, 0.1) is 23.1 Å². The van der Waals surface area contributed by atoms with Crippen LogP contribution >= 0.6 is 0 Å². The number of rotatable bonds is 4. The molecular formula is C17H24FNO. The summed E-state index contributed by atoms with van der Waals surface area (Å²) >= 11 is 0. The molecule has 0 fully saturated rings. The van der Waals surface area contributed by atoms with Gasteiger partial charge in [0.1, 0.15) is 5.82 Å². The van der Waals surface area contributed by atoms with E-state index in [0.717, 1.165) is 18.7 Å². The van der Waals surface area contributed by atoms with Crippen LogP contribution in [0.25, 0.3) is 0 Å². The van der Waals surface area contributed by atoms with Gasteiger partial charge >= 0.3 is 0 Å². The third-order valence-electron chi connectivity index (χ3n) is 2.72. The zero-order valence-corrected chi connectivity index (χ0v) is 12.8. The summed E-state index contributed by atoms with van der Waals surface area (Å²) in [7, 11) is 2.06. The molecule has 0 atom stereocenters. The maximum atomic E-state index is 13.3. The molecule has 0 aliphatic heterocycles. The fourth-order valence-electron chi connectivity index (χ4n) is 2.17. The summed E-state index contributed by atoms with van der Waals surface area (Å²) in [5, 5.41) is 8.76. The first-order valence-electron chi connectivity index (χ1n) is 6.88. The van der Waals surface area contributed by atoms with Crippen LogP contribution in [0.15, 0.2) is 18.2 Å². The van der Waals surface area contributed by atoms with E-state index in [0.29, 0.717) is 12.0 Å². The van der Waals surface area contributed by atoms with E-state index in [1.54, 1.807) is 6.07 Å². The number of hydrogen-bond acceptors (Lipinski definition) is 2. The van der Waals surface area contributed by atoms with Gasteiger partial charge in [0.15, 0.2) is 0 Å². The SMILES string of the molecule is CN(Cc1ccc(F)cc1C#CCCO)CC(C)(C)C. The fourth-order valence-corrected chi connectivity index (χ4v) is 2.17. The second kappa shape index (κ2) is 7.42. The second-order valence-corrected chi connectivity index (χ2v) is 6.31. The minimum absolute atomic E-state index is 0.0293. The first-order chi connectivity index (χ1) is 9.31. The Balaban J connectivity index is 2.87. The highest BCUT2D eigenvalue weighted by molar-refractivity contribution is 5.41. The predicted octanol–water partition coefficient (Wildman–Crippen LogP) is 3.04. The van der Waals surface area contributed by atoms with Crippen LogP contribution in [0.1, 0.15) is 38.3 Å². The highest BCUT2D eigenvalue weighted by atomic mass is 19.1. The molecule has 1 rings (SSSR count). The molecular weight excluding hydrogens is 253 g/mol. The Bertz CT molecular complexity index is 494. The highest BCUT2D eigenvalue weighted by Gasteiger charge is 2.14. The van der Waals surface area contributed by atoms with E-state index < -0.39 is 0 Å². The molecule has 1 N–H and O–H groups in total. The first kappa shape index (κ1) is 16.7. The topological polar surface area (TPSA) is 23.5 Å². The van der Waals surface area contributed by atoms with Crippen molar-refractivity contribution in [3.8, 4) is 11.8 Å². The van der Waals surface area contributed by atoms with Gasteiger partial charge in [-0.1, -0.05) is 38.7 Å². The number of hydrogen-bond donors (Lipinski definition) is 1. The average Bonchev–Trinajstić information content (AvgIpc) is 2.30. The molecule has 0 aliphatic carbocycles. The summed E-state index contributed by atoms with van der Waals surface area (Å²) in [4.78, 5) is 2.21. The summed E-state index contributed by atoms with van der Waals surface area (Å²) in [5.74, 6) is 5.52. The Morgan fingerprint density at radius 1 is 1.30 bits per heavy atom. The Morgan fingerprint density at radius 2 is 2.00 bits per heavy atom. The Morgan fingerprint density at radius 3 is 2.60 bits per heavy atom. The lowest BCUT2D eigenvalue weighted by atomic mass is 9.96. The van der Waals surface area contributed by atoms with Crippen molar-refractivity contribution in [3.63, 3.8) is 0 Å². The lowest BCUT2D eigenvalue weighted by Crippen LogP contribution is -2.29. The maximum absolute atomic E-state index is 13.3. The van der Waals surface area contributed by atoms with Crippen LogP contribution < -0.4 is 0 Å². The van der Waals surface area contributed by atoms with E-state index in [2.05, 4.69) is 44.6 Å². The van der Waals surface area contributed by atoms with Gasteiger partial charge in [-0.3, -0.25) is 0 Å². The molecule has 0 unspecified atom stereocenters. The van der Waals surface area contributed by atoms with Crippen molar-refractivity contribution in [2.45, 2.75) is 33.7 Å². The molecule has 0 radical (unpaired) electrons. The quantitative estimate of drug-likeness (QED) is 0.855. The largest absolute Gasteiger partial charge is 0.395 e. The summed E-state index contributed by atoms with van der Waals surface area (Å²) < 4.78 is 13.3. The van der Waals surface area contributed by atoms with Crippen molar-refractivity contribution in [3.05, 3.63) is 35.1 Å². The summed E-state index contributed by atoms with van der Waals surface area (Å²) in [6, 6.07) is 4.72. The van der Waals surface area contributed by atoms with E-state index in [9.17, 15) is 4.39 Å². The van der Waals surface area contributed by atoms with E-state index in [4.69, 9.17) is 5.11 Å². The normalized spacial score (nSPS) is 11.3. The lowest BCUT2D eigenvalue weighted by molar-refractivity contribution is 0.220. The van der Waals surface area contributed by atoms with Gasteiger partial charge in [0, 0.05) is 25.1 Å². The van der Waals surface area contributed by atoms with E-state index >= 15 is 0 Å². The molecule has 0 saturated carbocycles. The van der Waals surface area contributed by atoms with Gasteiger partial charge in [0.25, 0.3) is 0 Å².